The predicted molar refractivity (Wildman–Crippen MR) is 152 cm³/mol. The summed E-state index contributed by atoms with van der Waals surface area (Å²) in [4.78, 5) is 24.7. The third-order valence-corrected chi connectivity index (χ3v) is 8.16. The van der Waals surface area contributed by atoms with E-state index in [4.69, 9.17) is 0 Å². The van der Waals surface area contributed by atoms with Crippen LogP contribution in [0, 0.1) is 5.92 Å². The first-order valence-electron chi connectivity index (χ1n) is 14.2. The van der Waals surface area contributed by atoms with E-state index in [1.54, 1.807) is 6.20 Å². The zero-order valence-electron chi connectivity index (χ0n) is 22.3. The van der Waals surface area contributed by atoms with Crippen LogP contribution in [-0.2, 0) is 13.0 Å². The van der Waals surface area contributed by atoms with E-state index in [2.05, 4.69) is 36.4 Å². The van der Waals surface area contributed by atoms with Crippen molar-refractivity contribution in [3.05, 3.63) is 71.9 Å². The smallest absolute Gasteiger partial charge is 0.276 e. The largest absolute Gasteiger partial charge is 0.393 e. The summed E-state index contributed by atoms with van der Waals surface area (Å²) in [5, 5.41) is 20.8. The molecule has 0 bridgehead atoms. The number of aromatic nitrogens is 4. The van der Waals surface area contributed by atoms with Crippen LogP contribution in [0.3, 0.4) is 0 Å². The molecule has 1 aliphatic carbocycles. The van der Waals surface area contributed by atoms with Crippen molar-refractivity contribution in [1.82, 2.24) is 25.1 Å². The van der Waals surface area contributed by atoms with Crippen LogP contribution in [0.4, 0.5) is 5.69 Å². The molecule has 2 aliphatic rings. The summed E-state index contributed by atoms with van der Waals surface area (Å²) in [6, 6.07) is 12.1. The van der Waals surface area contributed by atoms with Crippen LogP contribution in [0.15, 0.2) is 55.0 Å². The number of piperidine rings is 1. The molecule has 1 amide bonds. The minimum absolute atomic E-state index is 0.140. The Balaban J connectivity index is 1.15. The first-order chi connectivity index (χ1) is 19.1. The highest BCUT2D eigenvalue weighted by molar-refractivity contribution is 6.11. The lowest BCUT2D eigenvalue weighted by molar-refractivity contribution is 0.102. The van der Waals surface area contributed by atoms with E-state index in [0.717, 1.165) is 79.5 Å². The Labute approximate surface area is 228 Å². The highest BCUT2D eigenvalue weighted by Gasteiger charge is 2.20. The topological polar surface area (TPSA) is 107 Å². The molecule has 39 heavy (non-hydrogen) atoms. The van der Waals surface area contributed by atoms with Gasteiger partial charge in [-0.05, 0) is 105 Å². The Morgan fingerprint density at radius 2 is 1.82 bits per heavy atom. The number of nitrogens with one attached hydrogen (secondary N) is 2. The van der Waals surface area contributed by atoms with Crippen molar-refractivity contribution in [2.45, 2.75) is 64.0 Å². The van der Waals surface area contributed by atoms with Crippen molar-refractivity contribution in [3.63, 3.8) is 0 Å². The SMILES string of the molecule is O=C(Nc1ccc(CN2CCCCC2)nc1)c1n[nH]c2ccc(-c3cncc(CC4CCC(O)CC4)c3)cc12. The van der Waals surface area contributed by atoms with Crippen molar-refractivity contribution in [2.24, 2.45) is 5.92 Å². The molecule has 0 atom stereocenters. The number of benzene rings is 1. The lowest BCUT2D eigenvalue weighted by Crippen LogP contribution is -2.29. The van der Waals surface area contributed by atoms with E-state index >= 15 is 0 Å². The number of nitrogens with zero attached hydrogens (tertiary/aromatic N) is 4. The number of aliphatic hydroxyl groups excluding tert-OH is 1. The van der Waals surface area contributed by atoms with Gasteiger partial charge in [-0.15, -0.1) is 0 Å². The summed E-state index contributed by atoms with van der Waals surface area (Å²) in [5.41, 5.74) is 6.05. The van der Waals surface area contributed by atoms with Crippen LogP contribution in [0.1, 0.15) is 66.7 Å². The van der Waals surface area contributed by atoms with Crippen molar-refractivity contribution < 1.29 is 9.90 Å². The minimum atomic E-state index is -0.268. The summed E-state index contributed by atoms with van der Waals surface area (Å²) < 4.78 is 0. The molecular weight excluding hydrogens is 488 g/mol. The zero-order valence-corrected chi connectivity index (χ0v) is 22.3. The van der Waals surface area contributed by atoms with Gasteiger partial charge in [-0.2, -0.15) is 5.10 Å². The lowest BCUT2D eigenvalue weighted by Gasteiger charge is -2.25. The molecule has 0 spiro atoms. The Morgan fingerprint density at radius 1 is 0.974 bits per heavy atom. The standard InChI is InChI=1S/C31H36N6O2/c38-27-9-4-21(5-10-27)14-22-15-24(18-32-17-22)23-6-11-29-28(16-23)30(36-35-29)31(39)34-25-7-8-26(33-19-25)20-37-12-2-1-3-13-37/h6-8,11,15-19,21,27,38H,1-5,9-10,12-14,20H2,(H,34,39)(H,35,36). The van der Waals surface area contributed by atoms with Crippen molar-refractivity contribution in [2.75, 3.05) is 18.4 Å². The highest BCUT2D eigenvalue weighted by Crippen LogP contribution is 2.30. The van der Waals surface area contributed by atoms with Crippen molar-refractivity contribution >= 4 is 22.5 Å². The fourth-order valence-corrected chi connectivity index (χ4v) is 5.93. The lowest BCUT2D eigenvalue weighted by atomic mass is 9.83. The van der Waals surface area contributed by atoms with Gasteiger partial charge in [0.2, 0.25) is 0 Å². The van der Waals surface area contributed by atoms with Gasteiger partial charge in [-0.1, -0.05) is 12.5 Å². The monoisotopic (exact) mass is 524 g/mol. The number of carbonyl (C=O) groups is 1. The number of H-pyrrole nitrogens is 1. The molecule has 3 aromatic heterocycles. The van der Waals surface area contributed by atoms with Gasteiger partial charge in [0.05, 0.1) is 29.2 Å². The first kappa shape index (κ1) is 25.6. The van der Waals surface area contributed by atoms with E-state index in [-0.39, 0.29) is 12.0 Å². The maximum atomic E-state index is 13.2. The van der Waals surface area contributed by atoms with Gasteiger partial charge < -0.3 is 10.4 Å². The Kier molecular flexibility index (Phi) is 7.65. The van der Waals surface area contributed by atoms with Crippen molar-refractivity contribution in [1.29, 1.82) is 0 Å². The number of fused-ring (bicyclic) bond motifs is 1. The van der Waals surface area contributed by atoms with Crippen LogP contribution in [-0.4, -0.2) is 55.3 Å². The third kappa shape index (κ3) is 6.18. The summed E-state index contributed by atoms with van der Waals surface area (Å²) in [5.74, 6) is 0.320. The highest BCUT2D eigenvalue weighted by atomic mass is 16.3. The number of aliphatic hydroxyl groups is 1. The van der Waals surface area contributed by atoms with Gasteiger partial charge in [0.25, 0.3) is 5.91 Å². The first-order valence-corrected chi connectivity index (χ1v) is 14.2. The van der Waals surface area contributed by atoms with Crippen LogP contribution in [0.5, 0.6) is 0 Å². The second kappa shape index (κ2) is 11.6. The number of carbonyl (C=O) groups excluding carboxylic acids is 1. The van der Waals surface area contributed by atoms with E-state index in [0.29, 0.717) is 17.3 Å². The molecule has 8 heteroatoms. The minimum Gasteiger partial charge on any atom is -0.393 e. The predicted octanol–water partition coefficient (Wildman–Crippen LogP) is 5.35. The second-order valence-electron chi connectivity index (χ2n) is 11.1. The Hall–Kier alpha value is -3.62. The molecule has 1 aromatic carbocycles. The van der Waals surface area contributed by atoms with Gasteiger partial charge in [0.1, 0.15) is 0 Å². The fraction of sp³-hybridized carbons (Fsp3) is 0.419. The number of hydrogen-bond donors (Lipinski definition) is 3. The van der Waals surface area contributed by atoms with Gasteiger partial charge >= 0.3 is 0 Å². The zero-order chi connectivity index (χ0) is 26.6. The van der Waals surface area contributed by atoms with Crippen LogP contribution < -0.4 is 5.32 Å². The molecule has 2 fully saturated rings. The number of amides is 1. The fourth-order valence-electron chi connectivity index (χ4n) is 5.93. The molecule has 1 aliphatic heterocycles. The summed E-state index contributed by atoms with van der Waals surface area (Å²) >= 11 is 0. The van der Waals surface area contributed by atoms with E-state index in [1.165, 1.54) is 24.8 Å². The third-order valence-electron chi connectivity index (χ3n) is 8.16. The van der Waals surface area contributed by atoms with Gasteiger partial charge in [0, 0.05) is 29.9 Å². The maximum absolute atomic E-state index is 13.2. The van der Waals surface area contributed by atoms with E-state index in [9.17, 15) is 9.90 Å². The molecule has 8 nitrogen and oxygen atoms in total. The van der Waals surface area contributed by atoms with E-state index < -0.39 is 0 Å². The number of likely N-dealkylation sites (tertiary alicyclic amines) is 1. The summed E-state index contributed by atoms with van der Waals surface area (Å²) in [6.45, 7) is 3.10. The second-order valence-corrected chi connectivity index (χ2v) is 11.1. The average Bonchev–Trinajstić information content (AvgIpc) is 3.40. The van der Waals surface area contributed by atoms with Gasteiger partial charge in [0.15, 0.2) is 5.69 Å². The molecule has 6 rings (SSSR count). The maximum Gasteiger partial charge on any atom is 0.276 e. The molecule has 4 aromatic rings. The number of hydrogen-bond acceptors (Lipinski definition) is 6. The van der Waals surface area contributed by atoms with Crippen LogP contribution in [0.2, 0.25) is 0 Å². The summed E-state index contributed by atoms with van der Waals surface area (Å²) in [7, 11) is 0. The van der Waals surface area contributed by atoms with Gasteiger partial charge in [-0.3, -0.25) is 24.8 Å². The molecule has 202 valence electrons. The average molecular weight is 525 g/mol. The molecular formula is C31H36N6O2. The Bertz CT molecular complexity index is 1420. The molecule has 1 saturated heterocycles. The van der Waals surface area contributed by atoms with Crippen LogP contribution in [0.25, 0.3) is 22.0 Å². The summed E-state index contributed by atoms with van der Waals surface area (Å²) in [6.07, 6.45) is 14.1. The van der Waals surface area contributed by atoms with Crippen LogP contribution >= 0.6 is 0 Å². The number of pyridine rings is 2. The Morgan fingerprint density at radius 3 is 2.62 bits per heavy atom. The van der Waals surface area contributed by atoms with Crippen molar-refractivity contribution in [3.8, 4) is 11.1 Å². The molecule has 0 unspecified atom stereocenters. The van der Waals surface area contributed by atoms with E-state index in [1.807, 2.05) is 42.7 Å². The quantitative estimate of drug-likeness (QED) is 0.301. The number of rotatable bonds is 7. The molecule has 4 heterocycles. The van der Waals surface area contributed by atoms with Gasteiger partial charge in [-0.25, -0.2) is 0 Å². The molecule has 0 radical (unpaired) electrons. The normalized spacial score (nSPS) is 20.2. The number of aromatic amines is 1. The molecule has 1 saturated carbocycles. The molecule has 3 N–H and O–H groups in total. The number of anilines is 1.